The van der Waals surface area contributed by atoms with Crippen LogP contribution in [0.1, 0.15) is 10.4 Å². The van der Waals surface area contributed by atoms with E-state index in [1.165, 1.54) is 13.0 Å². The van der Waals surface area contributed by atoms with Crippen molar-refractivity contribution in [2.24, 2.45) is 0 Å². The molecule has 0 bridgehead atoms. The molecule has 0 unspecified atom stereocenters. The molecule has 0 saturated heterocycles. The van der Waals surface area contributed by atoms with Crippen molar-refractivity contribution in [2.45, 2.75) is 24.7 Å². The molecule has 0 spiro atoms. The monoisotopic (exact) mass is 366 g/mol. The summed E-state index contributed by atoms with van der Waals surface area (Å²) in [5.74, 6) is -19.4. The number of thiophene rings is 1. The van der Waals surface area contributed by atoms with Gasteiger partial charge in [0, 0.05) is 9.75 Å². The lowest BCUT2D eigenvalue weighted by atomic mass is 10.0. The van der Waals surface area contributed by atoms with Crippen LogP contribution in [0, 0.1) is 6.92 Å². The second kappa shape index (κ2) is 5.08. The third kappa shape index (κ3) is 2.05. The van der Waals surface area contributed by atoms with Crippen LogP contribution in [0.3, 0.4) is 0 Å². The highest BCUT2D eigenvalue weighted by Crippen LogP contribution is 2.63. The van der Waals surface area contributed by atoms with Gasteiger partial charge >= 0.3 is 17.8 Å². The molecule has 2 aromatic rings. The van der Waals surface area contributed by atoms with E-state index >= 15 is 0 Å². The zero-order valence-corrected chi connectivity index (χ0v) is 12.8. The maximum Gasteiger partial charge on any atom is 0.383 e. The molecule has 0 saturated carbocycles. The molecule has 0 fully saturated rings. The SMILES string of the molecule is Cc1cc(-c2ccccc2)sc1C1=C(F)C(F)(F)C(F)(F)C1(F)F. The highest BCUT2D eigenvalue weighted by atomic mass is 32.1. The molecular formula is C16H9F7S. The molecule has 0 atom stereocenters. The van der Waals surface area contributed by atoms with E-state index in [1.54, 1.807) is 30.3 Å². The van der Waals surface area contributed by atoms with Crippen LogP contribution >= 0.6 is 11.3 Å². The Bertz CT molecular complexity index is 818. The Balaban J connectivity index is 2.20. The van der Waals surface area contributed by atoms with Crippen molar-refractivity contribution in [1.82, 2.24) is 0 Å². The molecule has 0 N–H and O–H groups in total. The van der Waals surface area contributed by atoms with Gasteiger partial charge in [0.05, 0.1) is 5.57 Å². The topological polar surface area (TPSA) is 0 Å². The number of rotatable bonds is 2. The van der Waals surface area contributed by atoms with E-state index in [-0.39, 0.29) is 5.56 Å². The summed E-state index contributed by atoms with van der Waals surface area (Å²) in [4.78, 5) is -0.217. The first-order chi connectivity index (χ1) is 11.0. The van der Waals surface area contributed by atoms with Crippen molar-refractivity contribution < 1.29 is 30.7 Å². The average molecular weight is 366 g/mol. The highest BCUT2D eigenvalue weighted by molar-refractivity contribution is 7.16. The first kappa shape index (κ1) is 17.0. The van der Waals surface area contributed by atoms with E-state index < -0.39 is 34.0 Å². The predicted octanol–water partition coefficient (Wildman–Crippen LogP) is 6.32. The van der Waals surface area contributed by atoms with E-state index in [9.17, 15) is 30.7 Å². The van der Waals surface area contributed by atoms with Crippen LogP contribution in [-0.2, 0) is 0 Å². The molecule has 1 heterocycles. The quantitative estimate of drug-likeness (QED) is 0.545. The summed E-state index contributed by atoms with van der Waals surface area (Å²) in [6.45, 7) is 1.28. The average Bonchev–Trinajstić information content (AvgIpc) is 2.92. The van der Waals surface area contributed by atoms with Gasteiger partial charge in [-0.25, -0.2) is 4.39 Å². The lowest BCUT2D eigenvalue weighted by Gasteiger charge is -2.24. The molecule has 1 aliphatic rings. The number of hydrogen-bond acceptors (Lipinski definition) is 1. The van der Waals surface area contributed by atoms with Crippen LogP contribution < -0.4 is 0 Å². The van der Waals surface area contributed by atoms with Gasteiger partial charge in [0.15, 0.2) is 5.83 Å². The first-order valence-electron chi connectivity index (χ1n) is 6.72. The zero-order valence-electron chi connectivity index (χ0n) is 12.0. The Morgan fingerprint density at radius 1 is 0.875 bits per heavy atom. The van der Waals surface area contributed by atoms with Crippen LogP contribution in [0.2, 0.25) is 0 Å². The van der Waals surface area contributed by atoms with Gasteiger partial charge in [-0.15, -0.1) is 11.3 Å². The van der Waals surface area contributed by atoms with Gasteiger partial charge in [-0.3, -0.25) is 0 Å². The summed E-state index contributed by atoms with van der Waals surface area (Å²) in [6, 6.07) is 9.68. The highest BCUT2D eigenvalue weighted by Gasteiger charge is 2.81. The largest absolute Gasteiger partial charge is 0.383 e. The van der Waals surface area contributed by atoms with Gasteiger partial charge in [0.2, 0.25) is 0 Å². The Hall–Kier alpha value is -1.83. The summed E-state index contributed by atoms with van der Waals surface area (Å²) < 4.78 is 95.0. The summed E-state index contributed by atoms with van der Waals surface area (Å²) in [6.07, 6.45) is 0. The molecule has 3 rings (SSSR count). The molecule has 0 radical (unpaired) electrons. The molecule has 128 valence electrons. The van der Waals surface area contributed by atoms with Crippen molar-refractivity contribution in [3.63, 3.8) is 0 Å². The fourth-order valence-electron chi connectivity index (χ4n) is 2.50. The Kier molecular flexibility index (Phi) is 3.60. The van der Waals surface area contributed by atoms with E-state index in [2.05, 4.69) is 0 Å². The zero-order chi connectivity index (χ0) is 17.9. The molecule has 1 aromatic heterocycles. The minimum Gasteiger partial charge on any atom is -0.204 e. The number of alkyl halides is 6. The van der Waals surface area contributed by atoms with E-state index in [1.807, 2.05) is 0 Å². The van der Waals surface area contributed by atoms with Gasteiger partial charge in [0.25, 0.3) is 0 Å². The van der Waals surface area contributed by atoms with E-state index in [0.717, 1.165) is 0 Å². The van der Waals surface area contributed by atoms with Crippen molar-refractivity contribution in [3.05, 3.63) is 52.7 Å². The van der Waals surface area contributed by atoms with Gasteiger partial charge < -0.3 is 0 Å². The third-order valence-electron chi connectivity index (χ3n) is 3.80. The maximum absolute atomic E-state index is 13.9. The number of halogens is 7. The normalized spacial score (nSPS) is 21.3. The van der Waals surface area contributed by atoms with Crippen molar-refractivity contribution in [3.8, 4) is 10.4 Å². The van der Waals surface area contributed by atoms with Crippen LogP contribution in [0.25, 0.3) is 16.0 Å². The molecule has 0 amide bonds. The Morgan fingerprint density at radius 2 is 1.46 bits per heavy atom. The van der Waals surface area contributed by atoms with Crippen LogP contribution in [0.15, 0.2) is 42.2 Å². The summed E-state index contributed by atoms with van der Waals surface area (Å²) in [7, 11) is 0. The smallest absolute Gasteiger partial charge is 0.204 e. The summed E-state index contributed by atoms with van der Waals surface area (Å²) in [5, 5.41) is 0. The fraction of sp³-hybridized carbons (Fsp3) is 0.250. The van der Waals surface area contributed by atoms with E-state index in [0.29, 0.717) is 21.8 Å². The first-order valence-corrected chi connectivity index (χ1v) is 7.54. The maximum atomic E-state index is 13.9. The lowest BCUT2D eigenvalue weighted by molar-refractivity contribution is -0.263. The number of aryl methyl sites for hydroxylation is 1. The number of allylic oxidation sites excluding steroid dienone is 2. The van der Waals surface area contributed by atoms with Gasteiger partial charge in [-0.2, -0.15) is 26.3 Å². The molecule has 24 heavy (non-hydrogen) atoms. The number of hydrogen-bond donors (Lipinski definition) is 0. The minimum atomic E-state index is -5.82. The van der Waals surface area contributed by atoms with Crippen molar-refractivity contribution >= 4 is 16.9 Å². The van der Waals surface area contributed by atoms with Gasteiger partial charge in [-0.05, 0) is 24.1 Å². The summed E-state index contributed by atoms with van der Waals surface area (Å²) in [5.41, 5.74) is -1.32. The van der Waals surface area contributed by atoms with E-state index in [4.69, 9.17) is 0 Å². The van der Waals surface area contributed by atoms with Crippen LogP contribution in [0.5, 0.6) is 0 Å². The lowest BCUT2D eigenvalue weighted by Crippen LogP contribution is -2.48. The molecule has 8 heteroatoms. The molecule has 0 aliphatic heterocycles. The second-order valence-corrected chi connectivity index (χ2v) is 6.45. The Labute approximate surface area is 136 Å². The Morgan fingerprint density at radius 3 is 1.96 bits per heavy atom. The minimum absolute atomic E-state index is 0.0252. The second-order valence-electron chi connectivity index (χ2n) is 5.40. The van der Waals surface area contributed by atoms with Crippen molar-refractivity contribution in [1.29, 1.82) is 0 Å². The molecule has 0 nitrogen and oxygen atoms in total. The van der Waals surface area contributed by atoms with Gasteiger partial charge in [-0.1, -0.05) is 30.3 Å². The van der Waals surface area contributed by atoms with Crippen molar-refractivity contribution in [2.75, 3.05) is 0 Å². The molecule has 1 aliphatic carbocycles. The summed E-state index contributed by atoms with van der Waals surface area (Å²) >= 11 is 0.573. The van der Waals surface area contributed by atoms with Crippen LogP contribution in [-0.4, -0.2) is 17.8 Å². The number of benzene rings is 1. The fourth-order valence-corrected chi connectivity index (χ4v) is 3.75. The molecule has 1 aromatic carbocycles. The molecular weight excluding hydrogens is 357 g/mol. The van der Waals surface area contributed by atoms with Gasteiger partial charge in [0.1, 0.15) is 0 Å². The standard InChI is InChI=1S/C16H9F7S/c1-8-7-10(9-5-3-2-4-6-9)24-12(8)11-13(17)15(20,21)16(22,23)14(11,18)19/h2-7H,1H3. The van der Waals surface area contributed by atoms with Crippen LogP contribution in [0.4, 0.5) is 30.7 Å². The predicted molar refractivity (Wildman–Crippen MR) is 77.4 cm³/mol. The third-order valence-corrected chi connectivity index (χ3v) is 5.10.